The van der Waals surface area contributed by atoms with Gasteiger partial charge in [0.05, 0.1) is 0 Å². The summed E-state index contributed by atoms with van der Waals surface area (Å²) in [6.45, 7) is 6.11. The van der Waals surface area contributed by atoms with Gasteiger partial charge in [0.2, 0.25) is 5.91 Å². The molecule has 5 heteroatoms. The zero-order valence-electron chi connectivity index (χ0n) is 9.45. The van der Waals surface area contributed by atoms with E-state index in [4.69, 9.17) is 9.84 Å². The molecule has 2 unspecified atom stereocenters. The van der Waals surface area contributed by atoms with Gasteiger partial charge in [-0.2, -0.15) is 0 Å². The van der Waals surface area contributed by atoms with Crippen molar-refractivity contribution in [2.75, 3.05) is 13.2 Å². The fourth-order valence-electron chi connectivity index (χ4n) is 1.11. The molecule has 0 aromatic carbocycles. The van der Waals surface area contributed by atoms with Crippen molar-refractivity contribution in [1.29, 1.82) is 0 Å². The Hall–Kier alpha value is -1.10. The van der Waals surface area contributed by atoms with Crippen molar-refractivity contribution in [1.82, 2.24) is 5.32 Å². The number of carboxylic acid groups (broad SMARTS) is 1. The van der Waals surface area contributed by atoms with E-state index in [1.54, 1.807) is 13.8 Å². The Labute approximate surface area is 89.8 Å². The summed E-state index contributed by atoms with van der Waals surface area (Å²) in [5, 5.41) is 11.2. The van der Waals surface area contributed by atoms with Gasteiger partial charge >= 0.3 is 5.97 Å². The van der Waals surface area contributed by atoms with Crippen molar-refractivity contribution >= 4 is 11.9 Å². The number of carbonyl (C=O) groups excluding carboxylic acids is 1. The van der Waals surface area contributed by atoms with Gasteiger partial charge in [0.25, 0.3) is 0 Å². The van der Waals surface area contributed by atoms with E-state index < -0.39 is 12.1 Å². The van der Waals surface area contributed by atoms with Crippen molar-refractivity contribution in [2.24, 2.45) is 5.92 Å². The average Bonchev–Trinajstić information content (AvgIpc) is 2.13. The number of hydrogen-bond acceptors (Lipinski definition) is 3. The van der Waals surface area contributed by atoms with Crippen LogP contribution in [-0.2, 0) is 14.3 Å². The van der Waals surface area contributed by atoms with E-state index >= 15 is 0 Å². The fraction of sp³-hybridized carbons (Fsp3) is 0.800. The van der Waals surface area contributed by atoms with Gasteiger partial charge in [0.1, 0.15) is 6.10 Å². The summed E-state index contributed by atoms with van der Waals surface area (Å²) in [6, 6.07) is 0. The molecule has 2 atom stereocenters. The van der Waals surface area contributed by atoms with Crippen LogP contribution in [0.1, 0.15) is 27.2 Å². The van der Waals surface area contributed by atoms with Crippen LogP contribution in [0.15, 0.2) is 0 Å². The molecule has 88 valence electrons. The summed E-state index contributed by atoms with van der Waals surface area (Å²) in [5.74, 6) is -1.12. The van der Waals surface area contributed by atoms with E-state index in [9.17, 15) is 9.59 Å². The minimum absolute atomic E-state index is 0.0588. The first-order chi connectivity index (χ1) is 6.97. The minimum Gasteiger partial charge on any atom is -0.481 e. The van der Waals surface area contributed by atoms with Gasteiger partial charge in [-0.15, -0.1) is 0 Å². The van der Waals surface area contributed by atoms with E-state index in [1.807, 2.05) is 6.92 Å². The van der Waals surface area contributed by atoms with Crippen molar-refractivity contribution in [2.45, 2.75) is 33.3 Å². The third kappa shape index (κ3) is 6.90. The summed E-state index contributed by atoms with van der Waals surface area (Å²) in [5.41, 5.74) is 0. The lowest BCUT2D eigenvalue weighted by Gasteiger charge is -2.14. The van der Waals surface area contributed by atoms with Crippen LogP contribution in [0.3, 0.4) is 0 Å². The molecule has 0 heterocycles. The third-order valence-electron chi connectivity index (χ3n) is 1.93. The maximum Gasteiger partial charge on any atom is 0.303 e. The Morgan fingerprint density at radius 1 is 1.40 bits per heavy atom. The molecule has 0 spiro atoms. The zero-order chi connectivity index (χ0) is 11.8. The van der Waals surface area contributed by atoms with Crippen molar-refractivity contribution < 1.29 is 19.4 Å². The van der Waals surface area contributed by atoms with Gasteiger partial charge in [0, 0.05) is 19.6 Å². The summed E-state index contributed by atoms with van der Waals surface area (Å²) < 4.78 is 5.09. The first-order valence-corrected chi connectivity index (χ1v) is 5.08. The van der Waals surface area contributed by atoms with E-state index in [-0.39, 0.29) is 18.2 Å². The number of nitrogens with one attached hydrogen (secondary N) is 1. The fourth-order valence-corrected chi connectivity index (χ4v) is 1.11. The molecule has 0 aliphatic carbocycles. The molecule has 0 rings (SSSR count). The van der Waals surface area contributed by atoms with Crippen LogP contribution in [0.2, 0.25) is 0 Å². The van der Waals surface area contributed by atoms with Gasteiger partial charge < -0.3 is 15.2 Å². The van der Waals surface area contributed by atoms with Crippen LogP contribution in [0.25, 0.3) is 0 Å². The molecule has 5 nitrogen and oxygen atoms in total. The number of ether oxygens (including phenoxy) is 1. The Morgan fingerprint density at radius 2 is 2.00 bits per heavy atom. The topological polar surface area (TPSA) is 75.6 Å². The van der Waals surface area contributed by atoms with Gasteiger partial charge in [-0.3, -0.25) is 9.59 Å². The van der Waals surface area contributed by atoms with E-state index in [1.165, 1.54) is 0 Å². The Bertz CT molecular complexity index is 217. The highest BCUT2D eigenvalue weighted by atomic mass is 16.5. The van der Waals surface area contributed by atoms with Gasteiger partial charge in [-0.25, -0.2) is 0 Å². The van der Waals surface area contributed by atoms with Crippen molar-refractivity contribution in [3.63, 3.8) is 0 Å². The molecular weight excluding hydrogens is 198 g/mol. The maximum atomic E-state index is 11.3. The smallest absolute Gasteiger partial charge is 0.303 e. The second kappa shape index (κ2) is 7.23. The van der Waals surface area contributed by atoms with Gasteiger partial charge in [0.15, 0.2) is 0 Å². The number of carboxylic acids is 1. The average molecular weight is 217 g/mol. The third-order valence-corrected chi connectivity index (χ3v) is 1.93. The minimum atomic E-state index is -0.852. The molecule has 0 aliphatic heterocycles. The Morgan fingerprint density at radius 3 is 2.47 bits per heavy atom. The lowest BCUT2D eigenvalue weighted by Crippen LogP contribution is -2.37. The second-order valence-corrected chi connectivity index (χ2v) is 3.55. The Balaban J connectivity index is 3.74. The largest absolute Gasteiger partial charge is 0.481 e. The maximum absolute atomic E-state index is 11.3. The zero-order valence-corrected chi connectivity index (χ0v) is 9.45. The lowest BCUT2D eigenvalue weighted by atomic mass is 10.1. The lowest BCUT2D eigenvalue weighted by molar-refractivity contribution is -0.138. The molecule has 0 aliphatic rings. The summed E-state index contributed by atoms with van der Waals surface area (Å²) in [6.07, 6.45) is -0.421. The predicted octanol–water partition coefficient (Wildman–Crippen LogP) is 0.638. The van der Waals surface area contributed by atoms with Gasteiger partial charge in [-0.1, -0.05) is 6.92 Å². The van der Waals surface area contributed by atoms with E-state index in [0.717, 1.165) is 0 Å². The monoisotopic (exact) mass is 217 g/mol. The van der Waals surface area contributed by atoms with Crippen LogP contribution < -0.4 is 5.32 Å². The molecule has 0 fully saturated rings. The molecule has 0 saturated heterocycles. The molecule has 0 saturated carbocycles. The molecule has 0 radical (unpaired) electrons. The number of carbonyl (C=O) groups is 2. The van der Waals surface area contributed by atoms with E-state index in [0.29, 0.717) is 13.2 Å². The molecule has 15 heavy (non-hydrogen) atoms. The molecular formula is C10H19NO4. The van der Waals surface area contributed by atoms with Crippen LogP contribution in [-0.4, -0.2) is 36.2 Å². The van der Waals surface area contributed by atoms with Crippen LogP contribution >= 0.6 is 0 Å². The van der Waals surface area contributed by atoms with Crippen LogP contribution in [0, 0.1) is 5.92 Å². The van der Waals surface area contributed by atoms with Gasteiger partial charge in [-0.05, 0) is 19.8 Å². The molecule has 1 amide bonds. The summed E-state index contributed by atoms with van der Waals surface area (Å²) >= 11 is 0. The highest BCUT2D eigenvalue weighted by molar-refractivity contribution is 5.80. The van der Waals surface area contributed by atoms with Crippen LogP contribution in [0.4, 0.5) is 0 Å². The molecule has 0 aromatic heterocycles. The molecule has 2 N–H and O–H groups in total. The predicted molar refractivity (Wildman–Crippen MR) is 55.5 cm³/mol. The first kappa shape index (κ1) is 13.9. The Kier molecular flexibility index (Phi) is 6.70. The molecule has 0 aromatic rings. The SMILES string of the molecule is CCOC(C)C(=O)NCC(C)CC(=O)O. The molecule has 0 bridgehead atoms. The van der Waals surface area contributed by atoms with Crippen LogP contribution in [0.5, 0.6) is 0 Å². The van der Waals surface area contributed by atoms with Crippen molar-refractivity contribution in [3.8, 4) is 0 Å². The summed E-state index contributed by atoms with van der Waals surface area (Å²) in [7, 11) is 0. The number of aliphatic carboxylic acids is 1. The van der Waals surface area contributed by atoms with Crippen molar-refractivity contribution in [3.05, 3.63) is 0 Å². The highest BCUT2D eigenvalue weighted by Gasteiger charge is 2.14. The first-order valence-electron chi connectivity index (χ1n) is 5.08. The highest BCUT2D eigenvalue weighted by Crippen LogP contribution is 2.00. The number of hydrogen-bond donors (Lipinski definition) is 2. The summed E-state index contributed by atoms with van der Waals surface area (Å²) in [4.78, 5) is 21.7. The van der Waals surface area contributed by atoms with E-state index in [2.05, 4.69) is 5.32 Å². The quantitative estimate of drug-likeness (QED) is 0.656. The number of amides is 1. The normalized spacial score (nSPS) is 14.3. The standard InChI is InChI=1S/C10H19NO4/c1-4-15-8(3)10(14)11-6-7(2)5-9(12)13/h7-8H,4-6H2,1-3H3,(H,11,14)(H,12,13). The second-order valence-electron chi connectivity index (χ2n) is 3.55. The number of rotatable bonds is 7.